The number of alkyl halides is 3. The number of halogens is 3. The average Bonchev–Trinajstić information content (AvgIpc) is 2.83. The summed E-state index contributed by atoms with van der Waals surface area (Å²) in [5, 5.41) is 0. The number of nitrogen functional groups attached to an aromatic ring is 1. The summed E-state index contributed by atoms with van der Waals surface area (Å²) < 4.78 is 39.4. The fourth-order valence-electron chi connectivity index (χ4n) is 2.77. The molecule has 0 saturated heterocycles. The van der Waals surface area contributed by atoms with Crippen molar-refractivity contribution in [3.8, 4) is 0 Å². The molecule has 0 aromatic heterocycles. The van der Waals surface area contributed by atoms with Crippen molar-refractivity contribution in [1.82, 2.24) is 0 Å². The highest BCUT2D eigenvalue weighted by Crippen LogP contribution is 2.36. The van der Waals surface area contributed by atoms with Crippen LogP contribution in [0, 0.1) is 0 Å². The minimum absolute atomic E-state index is 0.132. The van der Waals surface area contributed by atoms with Crippen LogP contribution in [-0.4, -0.2) is 6.54 Å². The van der Waals surface area contributed by atoms with Crippen LogP contribution in [0.25, 0.3) is 0 Å². The molecule has 21 heavy (non-hydrogen) atoms. The minimum Gasteiger partial charge on any atom is -0.399 e. The molecule has 1 heterocycles. The quantitative estimate of drug-likeness (QED) is 0.852. The van der Waals surface area contributed by atoms with Crippen LogP contribution >= 0.6 is 0 Å². The molecule has 2 aromatic carbocycles. The van der Waals surface area contributed by atoms with Crippen LogP contribution in [0.5, 0.6) is 0 Å². The molecule has 110 valence electrons. The Kier molecular flexibility index (Phi) is 3.27. The fourth-order valence-corrected chi connectivity index (χ4v) is 2.77. The van der Waals surface area contributed by atoms with Gasteiger partial charge in [-0.25, -0.2) is 0 Å². The highest BCUT2D eigenvalue weighted by atomic mass is 19.4. The summed E-state index contributed by atoms with van der Waals surface area (Å²) in [7, 11) is 0. The van der Waals surface area contributed by atoms with Gasteiger partial charge in [-0.05, 0) is 35.7 Å². The molecule has 0 radical (unpaired) electrons. The number of nitrogens with two attached hydrogens (primary N) is 1. The molecule has 2 N–H and O–H groups in total. The predicted molar refractivity (Wildman–Crippen MR) is 77.1 cm³/mol. The monoisotopic (exact) mass is 292 g/mol. The lowest BCUT2D eigenvalue weighted by atomic mass is 10.1. The Morgan fingerprint density at radius 2 is 1.86 bits per heavy atom. The van der Waals surface area contributed by atoms with Gasteiger partial charge in [-0.1, -0.05) is 24.3 Å². The second-order valence-corrected chi connectivity index (χ2v) is 5.21. The maximum absolute atomic E-state index is 13.1. The second-order valence-electron chi connectivity index (χ2n) is 5.21. The number of hydrogen-bond donors (Lipinski definition) is 1. The lowest BCUT2D eigenvalue weighted by molar-refractivity contribution is -0.138. The lowest BCUT2D eigenvalue weighted by Crippen LogP contribution is -2.22. The largest absolute Gasteiger partial charge is 0.416 e. The molecule has 2 aromatic rings. The van der Waals surface area contributed by atoms with E-state index in [-0.39, 0.29) is 17.8 Å². The first-order valence-electron chi connectivity index (χ1n) is 6.73. The molecule has 1 aliphatic rings. The van der Waals surface area contributed by atoms with Crippen LogP contribution in [0.2, 0.25) is 0 Å². The molecule has 1 aliphatic heterocycles. The van der Waals surface area contributed by atoms with Crippen LogP contribution in [-0.2, 0) is 19.1 Å². The van der Waals surface area contributed by atoms with Gasteiger partial charge in [-0.2, -0.15) is 13.2 Å². The third-order valence-electron chi connectivity index (χ3n) is 3.78. The van der Waals surface area contributed by atoms with E-state index in [0.29, 0.717) is 0 Å². The standard InChI is InChI=1S/C16H15F3N2/c17-16(18,19)14-9-13(20)6-5-12(14)10-21-8-7-11-3-1-2-4-15(11)21/h1-6,9H,7-8,10,20H2. The molecule has 0 spiro atoms. The van der Waals surface area contributed by atoms with Gasteiger partial charge in [0.1, 0.15) is 0 Å². The van der Waals surface area contributed by atoms with Crippen molar-refractivity contribution in [3.05, 3.63) is 59.2 Å². The summed E-state index contributed by atoms with van der Waals surface area (Å²) in [5.74, 6) is 0. The summed E-state index contributed by atoms with van der Waals surface area (Å²) in [4.78, 5) is 1.98. The molecule has 3 rings (SSSR count). The van der Waals surface area contributed by atoms with Gasteiger partial charge in [0, 0.05) is 24.5 Å². The molecule has 0 fully saturated rings. The van der Waals surface area contributed by atoms with Crippen molar-refractivity contribution in [2.24, 2.45) is 0 Å². The van der Waals surface area contributed by atoms with E-state index in [9.17, 15) is 13.2 Å². The highest BCUT2D eigenvalue weighted by Gasteiger charge is 2.34. The molecular formula is C16H15F3N2. The number of hydrogen-bond acceptors (Lipinski definition) is 2. The molecule has 0 amide bonds. The Morgan fingerprint density at radius 1 is 1.10 bits per heavy atom. The first-order valence-corrected chi connectivity index (χ1v) is 6.73. The van der Waals surface area contributed by atoms with E-state index in [4.69, 9.17) is 5.73 Å². The normalized spacial score (nSPS) is 14.3. The number of benzene rings is 2. The molecule has 0 atom stereocenters. The molecule has 5 heteroatoms. The topological polar surface area (TPSA) is 29.3 Å². The Bertz CT molecular complexity index is 665. The molecule has 0 aliphatic carbocycles. The van der Waals surface area contributed by atoms with Gasteiger partial charge in [-0.3, -0.25) is 0 Å². The van der Waals surface area contributed by atoms with E-state index < -0.39 is 11.7 Å². The number of rotatable bonds is 2. The van der Waals surface area contributed by atoms with Gasteiger partial charge < -0.3 is 10.6 Å². The Hall–Kier alpha value is -2.17. The molecular weight excluding hydrogens is 277 g/mol. The lowest BCUT2D eigenvalue weighted by Gasteiger charge is -2.22. The van der Waals surface area contributed by atoms with Crippen molar-refractivity contribution in [2.75, 3.05) is 17.2 Å². The second kappa shape index (κ2) is 4.98. The van der Waals surface area contributed by atoms with Crippen LogP contribution in [0.15, 0.2) is 42.5 Å². The van der Waals surface area contributed by atoms with Crippen molar-refractivity contribution in [1.29, 1.82) is 0 Å². The number of nitrogens with zero attached hydrogens (tertiary/aromatic N) is 1. The first-order chi connectivity index (χ1) is 9.95. The summed E-state index contributed by atoms with van der Waals surface area (Å²) in [6, 6.07) is 11.8. The van der Waals surface area contributed by atoms with E-state index in [1.54, 1.807) is 0 Å². The molecule has 0 saturated carbocycles. The average molecular weight is 292 g/mol. The van der Waals surface area contributed by atoms with Crippen LogP contribution < -0.4 is 10.6 Å². The van der Waals surface area contributed by atoms with E-state index in [2.05, 4.69) is 0 Å². The minimum atomic E-state index is -4.38. The predicted octanol–water partition coefficient (Wildman–Crippen LogP) is 3.85. The van der Waals surface area contributed by atoms with E-state index in [0.717, 1.165) is 24.7 Å². The molecule has 0 unspecified atom stereocenters. The van der Waals surface area contributed by atoms with E-state index in [1.165, 1.54) is 17.7 Å². The zero-order valence-electron chi connectivity index (χ0n) is 11.3. The third kappa shape index (κ3) is 2.68. The smallest absolute Gasteiger partial charge is 0.399 e. The summed E-state index contributed by atoms with van der Waals surface area (Å²) in [6.07, 6.45) is -3.52. The first kappa shape index (κ1) is 13.8. The third-order valence-corrected chi connectivity index (χ3v) is 3.78. The van der Waals surface area contributed by atoms with Gasteiger partial charge in [0.05, 0.1) is 5.56 Å². The van der Waals surface area contributed by atoms with Crippen molar-refractivity contribution < 1.29 is 13.2 Å². The maximum atomic E-state index is 13.1. The summed E-state index contributed by atoms with van der Waals surface area (Å²) >= 11 is 0. The SMILES string of the molecule is Nc1ccc(CN2CCc3ccccc32)c(C(F)(F)F)c1. The number of fused-ring (bicyclic) bond motifs is 1. The van der Waals surface area contributed by atoms with Crippen molar-refractivity contribution in [2.45, 2.75) is 19.1 Å². The van der Waals surface area contributed by atoms with Gasteiger partial charge >= 0.3 is 6.18 Å². The van der Waals surface area contributed by atoms with Crippen LogP contribution in [0.4, 0.5) is 24.5 Å². The zero-order valence-corrected chi connectivity index (χ0v) is 11.3. The van der Waals surface area contributed by atoms with Gasteiger partial charge in [0.25, 0.3) is 0 Å². The van der Waals surface area contributed by atoms with E-state index in [1.807, 2.05) is 29.2 Å². The number of anilines is 2. The Balaban J connectivity index is 1.93. The van der Waals surface area contributed by atoms with Gasteiger partial charge in [0.2, 0.25) is 0 Å². The Morgan fingerprint density at radius 3 is 2.62 bits per heavy atom. The molecule has 2 nitrogen and oxygen atoms in total. The fraction of sp³-hybridized carbons (Fsp3) is 0.250. The van der Waals surface area contributed by atoms with Crippen molar-refractivity contribution in [3.63, 3.8) is 0 Å². The number of para-hydroxylation sites is 1. The zero-order chi connectivity index (χ0) is 15.0. The Labute approximate surface area is 121 Å². The van der Waals surface area contributed by atoms with Gasteiger partial charge in [0.15, 0.2) is 0 Å². The van der Waals surface area contributed by atoms with Crippen LogP contribution in [0.1, 0.15) is 16.7 Å². The van der Waals surface area contributed by atoms with Gasteiger partial charge in [-0.15, -0.1) is 0 Å². The highest BCUT2D eigenvalue weighted by molar-refractivity contribution is 5.58. The summed E-state index contributed by atoms with van der Waals surface area (Å²) in [6.45, 7) is 0.979. The summed E-state index contributed by atoms with van der Waals surface area (Å²) in [5.41, 5.74) is 7.44. The molecule has 0 bridgehead atoms. The maximum Gasteiger partial charge on any atom is 0.416 e. The van der Waals surface area contributed by atoms with Crippen LogP contribution in [0.3, 0.4) is 0 Å². The van der Waals surface area contributed by atoms with Crippen molar-refractivity contribution >= 4 is 11.4 Å². The van der Waals surface area contributed by atoms with E-state index >= 15 is 0 Å².